The fraction of sp³-hybridized carbons (Fsp3) is 0.400. The molecule has 0 bridgehead atoms. The highest BCUT2D eigenvalue weighted by Gasteiger charge is 2.26. The standard InChI is InChI=1S/C30H33F3O/c1-3-5-20-6-8-23(9-7-20)27-17-14-25(29(32)30(27)33)19-34-26-15-12-22(13-16-26)24-11-10-21(4-2)28(31)18-24/h10-18,20,23H,3-9,19H2,1-2H3. The van der Waals surface area contributed by atoms with Crippen molar-refractivity contribution in [2.75, 3.05) is 0 Å². The Morgan fingerprint density at radius 2 is 1.44 bits per heavy atom. The Balaban J connectivity index is 1.39. The molecule has 3 aromatic rings. The Bertz CT molecular complexity index is 1100. The predicted molar refractivity (Wildman–Crippen MR) is 132 cm³/mol. The van der Waals surface area contributed by atoms with Gasteiger partial charge in [0.25, 0.3) is 0 Å². The number of halogens is 3. The lowest BCUT2D eigenvalue weighted by Gasteiger charge is -2.29. The molecule has 1 aliphatic carbocycles. The SMILES string of the molecule is CCCC1CCC(c2ccc(COc3ccc(-c4ccc(CC)c(F)c4)cc3)c(F)c2F)CC1. The Kier molecular flexibility index (Phi) is 7.97. The van der Waals surface area contributed by atoms with Crippen molar-refractivity contribution in [2.45, 2.75) is 71.3 Å². The van der Waals surface area contributed by atoms with Gasteiger partial charge in [-0.1, -0.05) is 63.1 Å². The van der Waals surface area contributed by atoms with Gasteiger partial charge in [0.2, 0.25) is 0 Å². The molecule has 1 aliphatic rings. The van der Waals surface area contributed by atoms with Gasteiger partial charge in [-0.3, -0.25) is 0 Å². The molecule has 0 atom stereocenters. The molecule has 1 nitrogen and oxygen atoms in total. The molecule has 0 heterocycles. The maximum absolute atomic E-state index is 14.9. The molecular formula is C30H33F3O. The van der Waals surface area contributed by atoms with E-state index < -0.39 is 11.6 Å². The molecular weight excluding hydrogens is 433 g/mol. The molecule has 3 aromatic carbocycles. The summed E-state index contributed by atoms with van der Waals surface area (Å²) < 4.78 is 49.5. The van der Waals surface area contributed by atoms with Crippen LogP contribution >= 0.6 is 0 Å². The highest BCUT2D eigenvalue weighted by molar-refractivity contribution is 5.64. The molecule has 34 heavy (non-hydrogen) atoms. The van der Waals surface area contributed by atoms with Gasteiger partial charge in [-0.15, -0.1) is 0 Å². The average Bonchev–Trinajstić information content (AvgIpc) is 2.86. The van der Waals surface area contributed by atoms with Crippen molar-refractivity contribution in [3.8, 4) is 16.9 Å². The van der Waals surface area contributed by atoms with Crippen LogP contribution in [0.15, 0.2) is 54.6 Å². The van der Waals surface area contributed by atoms with Crippen molar-refractivity contribution in [3.63, 3.8) is 0 Å². The maximum atomic E-state index is 14.9. The Hall–Kier alpha value is -2.75. The van der Waals surface area contributed by atoms with E-state index in [0.29, 0.717) is 23.3 Å². The van der Waals surface area contributed by atoms with Gasteiger partial charge in [-0.25, -0.2) is 13.2 Å². The third kappa shape index (κ3) is 5.48. The summed E-state index contributed by atoms with van der Waals surface area (Å²) in [5, 5.41) is 0. The zero-order valence-corrected chi connectivity index (χ0v) is 20.0. The lowest BCUT2D eigenvalue weighted by atomic mass is 9.77. The van der Waals surface area contributed by atoms with Crippen LogP contribution in [-0.2, 0) is 13.0 Å². The van der Waals surface area contributed by atoms with Crippen molar-refractivity contribution in [3.05, 3.63) is 88.7 Å². The van der Waals surface area contributed by atoms with Crippen molar-refractivity contribution in [1.82, 2.24) is 0 Å². The minimum atomic E-state index is -0.809. The number of hydrogen-bond acceptors (Lipinski definition) is 1. The highest BCUT2D eigenvalue weighted by Crippen LogP contribution is 2.39. The van der Waals surface area contributed by atoms with Gasteiger partial charge in [0.1, 0.15) is 18.2 Å². The molecule has 0 amide bonds. The summed E-state index contributed by atoms with van der Waals surface area (Å²) in [5.74, 6) is -0.378. The van der Waals surface area contributed by atoms with Gasteiger partial charge in [0, 0.05) is 5.56 Å². The first-order valence-electron chi connectivity index (χ1n) is 12.5. The van der Waals surface area contributed by atoms with Crippen LogP contribution in [0.4, 0.5) is 13.2 Å². The normalized spacial score (nSPS) is 18.1. The van der Waals surface area contributed by atoms with Gasteiger partial charge in [-0.05, 0) is 84.4 Å². The second-order valence-corrected chi connectivity index (χ2v) is 9.42. The first-order valence-corrected chi connectivity index (χ1v) is 12.5. The van der Waals surface area contributed by atoms with Crippen molar-refractivity contribution < 1.29 is 17.9 Å². The molecule has 180 valence electrons. The summed E-state index contributed by atoms with van der Waals surface area (Å²) in [5.41, 5.74) is 3.05. The smallest absolute Gasteiger partial charge is 0.165 e. The second kappa shape index (κ2) is 11.1. The molecule has 0 spiro atoms. The molecule has 0 aromatic heterocycles. The summed E-state index contributed by atoms with van der Waals surface area (Å²) in [7, 11) is 0. The molecule has 0 saturated heterocycles. The number of benzene rings is 3. The van der Waals surface area contributed by atoms with Gasteiger partial charge in [-0.2, -0.15) is 0 Å². The molecule has 4 heteroatoms. The molecule has 0 radical (unpaired) electrons. The predicted octanol–water partition coefficient (Wildman–Crippen LogP) is 8.99. The van der Waals surface area contributed by atoms with Crippen LogP contribution < -0.4 is 4.74 Å². The van der Waals surface area contributed by atoms with E-state index in [1.165, 1.54) is 18.9 Å². The molecule has 0 N–H and O–H groups in total. The number of aryl methyl sites for hydroxylation is 1. The quantitative estimate of drug-likeness (QED) is 0.322. The zero-order chi connectivity index (χ0) is 24.1. The zero-order valence-electron chi connectivity index (χ0n) is 20.0. The average molecular weight is 467 g/mol. The maximum Gasteiger partial charge on any atom is 0.165 e. The fourth-order valence-corrected chi connectivity index (χ4v) is 5.12. The van der Waals surface area contributed by atoms with Gasteiger partial charge < -0.3 is 4.74 Å². The molecule has 1 saturated carbocycles. The van der Waals surface area contributed by atoms with Gasteiger partial charge in [0.05, 0.1) is 0 Å². The van der Waals surface area contributed by atoms with E-state index in [-0.39, 0.29) is 23.9 Å². The minimum Gasteiger partial charge on any atom is -0.489 e. The van der Waals surface area contributed by atoms with E-state index in [2.05, 4.69) is 6.92 Å². The number of rotatable bonds is 8. The van der Waals surface area contributed by atoms with E-state index in [0.717, 1.165) is 42.7 Å². The van der Waals surface area contributed by atoms with E-state index in [4.69, 9.17) is 4.74 Å². The minimum absolute atomic E-state index is 0.0502. The van der Waals surface area contributed by atoms with Gasteiger partial charge >= 0.3 is 0 Å². The summed E-state index contributed by atoms with van der Waals surface area (Å²) in [6.45, 7) is 4.07. The first-order chi connectivity index (χ1) is 16.5. The largest absolute Gasteiger partial charge is 0.489 e. The van der Waals surface area contributed by atoms with E-state index in [1.807, 2.05) is 25.1 Å². The van der Waals surface area contributed by atoms with Gasteiger partial charge in [0.15, 0.2) is 11.6 Å². The van der Waals surface area contributed by atoms with Crippen LogP contribution in [0.5, 0.6) is 5.75 Å². The summed E-state index contributed by atoms with van der Waals surface area (Å²) in [4.78, 5) is 0. The molecule has 1 fully saturated rings. The van der Waals surface area contributed by atoms with Crippen LogP contribution in [0.25, 0.3) is 11.1 Å². The van der Waals surface area contributed by atoms with Crippen LogP contribution in [0, 0.1) is 23.4 Å². The Labute approximate surface area is 201 Å². The van der Waals surface area contributed by atoms with E-state index in [1.54, 1.807) is 30.3 Å². The lowest BCUT2D eigenvalue weighted by Crippen LogP contribution is -2.15. The second-order valence-electron chi connectivity index (χ2n) is 9.42. The molecule has 0 unspecified atom stereocenters. The van der Waals surface area contributed by atoms with Crippen LogP contribution in [0.1, 0.15) is 75.0 Å². The fourth-order valence-electron chi connectivity index (χ4n) is 5.12. The van der Waals surface area contributed by atoms with E-state index in [9.17, 15) is 13.2 Å². The summed E-state index contributed by atoms with van der Waals surface area (Å²) >= 11 is 0. The van der Waals surface area contributed by atoms with Crippen LogP contribution in [0.3, 0.4) is 0 Å². The molecule has 4 rings (SSSR count). The van der Waals surface area contributed by atoms with Crippen molar-refractivity contribution in [1.29, 1.82) is 0 Å². The van der Waals surface area contributed by atoms with E-state index >= 15 is 0 Å². The monoisotopic (exact) mass is 466 g/mol. The van der Waals surface area contributed by atoms with Crippen LogP contribution in [0.2, 0.25) is 0 Å². The van der Waals surface area contributed by atoms with Crippen molar-refractivity contribution in [2.24, 2.45) is 5.92 Å². The Morgan fingerprint density at radius 1 is 0.765 bits per heavy atom. The number of hydrogen-bond donors (Lipinski definition) is 0. The van der Waals surface area contributed by atoms with Crippen LogP contribution in [-0.4, -0.2) is 0 Å². The Morgan fingerprint density at radius 3 is 2.09 bits per heavy atom. The summed E-state index contributed by atoms with van der Waals surface area (Å²) in [6.07, 6.45) is 7.09. The lowest BCUT2D eigenvalue weighted by molar-refractivity contribution is 0.292. The summed E-state index contributed by atoms with van der Waals surface area (Å²) in [6, 6.07) is 15.8. The first kappa shape index (κ1) is 24.4. The number of ether oxygens (including phenoxy) is 1. The topological polar surface area (TPSA) is 9.23 Å². The molecule has 0 aliphatic heterocycles. The third-order valence-corrected chi connectivity index (χ3v) is 7.19. The highest BCUT2D eigenvalue weighted by atomic mass is 19.2. The van der Waals surface area contributed by atoms with Crippen molar-refractivity contribution >= 4 is 0 Å². The third-order valence-electron chi connectivity index (χ3n) is 7.19.